The van der Waals surface area contributed by atoms with E-state index in [1.165, 1.54) is 5.57 Å². The Morgan fingerprint density at radius 2 is 1.72 bits per heavy atom. The highest BCUT2D eigenvalue weighted by molar-refractivity contribution is 5.86. The fourth-order valence-corrected chi connectivity index (χ4v) is 3.61. The van der Waals surface area contributed by atoms with Gasteiger partial charge in [0, 0.05) is 11.1 Å². The molecule has 1 aromatic rings. The lowest BCUT2D eigenvalue weighted by molar-refractivity contribution is 0.340. The summed E-state index contributed by atoms with van der Waals surface area (Å²) in [6, 6.07) is 2.06. The Bertz CT molecular complexity index is 721. The van der Waals surface area contributed by atoms with E-state index in [-0.39, 0.29) is 11.3 Å². The van der Waals surface area contributed by atoms with Crippen LogP contribution in [0.2, 0.25) is 0 Å². The highest BCUT2D eigenvalue weighted by atomic mass is 16.5. The van der Waals surface area contributed by atoms with Gasteiger partial charge in [-0.15, -0.1) is 0 Å². The number of hydrogen-bond donors (Lipinski definition) is 0. The Morgan fingerprint density at radius 1 is 1.08 bits per heavy atom. The predicted octanol–water partition coefficient (Wildman–Crippen LogP) is 5.76. The number of methoxy groups -OCH3 is 3. The van der Waals surface area contributed by atoms with Crippen molar-refractivity contribution >= 4 is 5.57 Å². The zero-order valence-corrected chi connectivity index (χ0v) is 16.5. The van der Waals surface area contributed by atoms with E-state index in [4.69, 9.17) is 14.2 Å². The number of rotatable bonds is 6. The van der Waals surface area contributed by atoms with E-state index >= 15 is 0 Å². The highest BCUT2D eigenvalue weighted by Crippen LogP contribution is 2.50. The summed E-state index contributed by atoms with van der Waals surface area (Å²) in [7, 11) is 5.06. The van der Waals surface area contributed by atoms with E-state index in [0.717, 1.165) is 40.4 Å². The van der Waals surface area contributed by atoms with Crippen LogP contribution in [0.1, 0.15) is 51.2 Å². The van der Waals surface area contributed by atoms with Gasteiger partial charge in [0.15, 0.2) is 11.5 Å². The van der Waals surface area contributed by atoms with Crippen LogP contribution in [-0.2, 0) is 0 Å². The summed E-state index contributed by atoms with van der Waals surface area (Å²) < 4.78 is 17.2. The molecule has 0 radical (unpaired) electrons. The van der Waals surface area contributed by atoms with Gasteiger partial charge in [-0.2, -0.15) is 0 Å². The molecule has 0 fully saturated rings. The Balaban J connectivity index is 2.88. The zero-order valence-electron chi connectivity index (χ0n) is 16.5. The minimum atomic E-state index is 0.0219. The largest absolute Gasteiger partial charge is 0.496 e. The second-order valence-electron chi connectivity index (χ2n) is 7.28. The molecule has 2 rings (SSSR count). The fraction of sp³-hybridized carbons (Fsp3) is 0.455. The lowest BCUT2D eigenvalue weighted by Gasteiger charge is -2.31. The van der Waals surface area contributed by atoms with Gasteiger partial charge in [0.2, 0.25) is 0 Å². The smallest absolute Gasteiger partial charge is 0.169 e. The van der Waals surface area contributed by atoms with Crippen LogP contribution in [0.5, 0.6) is 17.2 Å². The summed E-state index contributed by atoms with van der Waals surface area (Å²) >= 11 is 0. The standard InChI is InChI=1S/C22H30O3/c1-9-17-15(11-10-12-22(17,4)5)16-13-18(23-6)19(14(2)3)21(25-8)20(16)24-7/h9-11,13-14H,1,12H2,2-8H3. The molecule has 0 aliphatic heterocycles. The van der Waals surface area contributed by atoms with Gasteiger partial charge in [-0.25, -0.2) is 0 Å². The molecule has 0 aromatic heterocycles. The van der Waals surface area contributed by atoms with Gasteiger partial charge in [-0.05, 0) is 35.0 Å². The minimum Gasteiger partial charge on any atom is -0.496 e. The van der Waals surface area contributed by atoms with Gasteiger partial charge < -0.3 is 14.2 Å². The van der Waals surface area contributed by atoms with E-state index in [1.54, 1.807) is 21.3 Å². The van der Waals surface area contributed by atoms with Crippen molar-refractivity contribution in [3.05, 3.63) is 47.6 Å². The molecule has 1 aromatic carbocycles. The van der Waals surface area contributed by atoms with Crippen molar-refractivity contribution in [2.45, 2.75) is 40.0 Å². The first-order chi connectivity index (χ1) is 11.8. The molecule has 0 atom stereocenters. The molecular weight excluding hydrogens is 312 g/mol. The molecule has 0 N–H and O–H groups in total. The normalized spacial score (nSPS) is 16.2. The first-order valence-corrected chi connectivity index (χ1v) is 8.69. The van der Waals surface area contributed by atoms with Gasteiger partial charge >= 0.3 is 0 Å². The molecule has 0 amide bonds. The van der Waals surface area contributed by atoms with Gasteiger partial charge in [0.25, 0.3) is 0 Å². The van der Waals surface area contributed by atoms with Gasteiger partial charge in [0.1, 0.15) is 5.75 Å². The van der Waals surface area contributed by atoms with Crippen molar-refractivity contribution in [3.8, 4) is 17.2 Å². The van der Waals surface area contributed by atoms with Gasteiger partial charge in [0.05, 0.1) is 21.3 Å². The summed E-state index contributed by atoms with van der Waals surface area (Å²) in [4.78, 5) is 0. The molecule has 0 saturated carbocycles. The molecular formula is C22H30O3. The van der Waals surface area contributed by atoms with Crippen molar-refractivity contribution < 1.29 is 14.2 Å². The molecule has 3 nitrogen and oxygen atoms in total. The number of hydrogen-bond acceptors (Lipinski definition) is 3. The van der Waals surface area contributed by atoms with Gasteiger partial charge in [-0.3, -0.25) is 0 Å². The van der Waals surface area contributed by atoms with Crippen LogP contribution in [-0.4, -0.2) is 21.3 Å². The third kappa shape index (κ3) is 3.33. The summed E-state index contributed by atoms with van der Waals surface area (Å²) in [5, 5.41) is 0. The van der Waals surface area contributed by atoms with Crippen molar-refractivity contribution in [1.82, 2.24) is 0 Å². The lowest BCUT2D eigenvalue weighted by atomic mass is 9.74. The maximum atomic E-state index is 5.79. The van der Waals surface area contributed by atoms with E-state index < -0.39 is 0 Å². The Labute approximate surface area is 152 Å². The topological polar surface area (TPSA) is 27.7 Å². The third-order valence-electron chi connectivity index (χ3n) is 4.87. The van der Waals surface area contributed by atoms with E-state index in [2.05, 4.69) is 52.5 Å². The van der Waals surface area contributed by atoms with Crippen LogP contribution in [0, 0.1) is 5.41 Å². The molecule has 1 aliphatic rings. The summed E-state index contributed by atoms with van der Waals surface area (Å²) in [6.07, 6.45) is 7.29. The monoisotopic (exact) mass is 342 g/mol. The molecule has 0 saturated heterocycles. The molecule has 25 heavy (non-hydrogen) atoms. The quantitative estimate of drug-likeness (QED) is 0.657. The van der Waals surface area contributed by atoms with Crippen LogP contribution < -0.4 is 14.2 Å². The first-order valence-electron chi connectivity index (χ1n) is 8.69. The number of ether oxygens (including phenoxy) is 3. The average Bonchev–Trinajstić information content (AvgIpc) is 2.58. The highest BCUT2D eigenvalue weighted by Gasteiger charge is 2.30. The molecule has 0 unspecified atom stereocenters. The maximum Gasteiger partial charge on any atom is 0.169 e. The summed E-state index contributed by atoms with van der Waals surface area (Å²) in [5.74, 6) is 2.54. The summed E-state index contributed by atoms with van der Waals surface area (Å²) in [6.45, 7) is 12.8. The average molecular weight is 342 g/mol. The number of benzene rings is 1. The van der Waals surface area contributed by atoms with Crippen molar-refractivity contribution in [2.24, 2.45) is 5.41 Å². The van der Waals surface area contributed by atoms with Crippen LogP contribution in [0.15, 0.2) is 36.4 Å². The molecule has 3 heteroatoms. The predicted molar refractivity (Wildman–Crippen MR) is 105 cm³/mol. The van der Waals surface area contributed by atoms with Crippen LogP contribution in [0.25, 0.3) is 5.57 Å². The van der Waals surface area contributed by atoms with Crippen molar-refractivity contribution in [2.75, 3.05) is 21.3 Å². The van der Waals surface area contributed by atoms with Crippen molar-refractivity contribution in [3.63, 3.8) is 0 Å². The van der Waals surface area contributed by atoms with Crippen LogP contribution >= 0.6 is 0 Å². The Morgan fingerprint density at radius 3 is 2.20 bits per heavy atom. The van der Waals surface area contributed by atoms with Crippen molar-refractivity contribution in [1.29, 1.82) is 0 Å². The van der Waals surface area contributed by atoms with Gasteiger partial charge in [-0.1, -0.05) is 52.5 Å². The Kier molecular flexibility index (Phi) is 5.66. The molecule has 136 valence electrons. The molecule has 0 bridgehead atoms. The number of allylic oxidation sites excluding steroid dienone is 5. The van der Waals surface area contributed by atoms with Crippen LogP contribution in [0.4, 0.5) is 0 Å². The fourth-order valence-electron chi connectivity index (χ4n) is 3.61. The lowest BCUT2D eigenvalue weighted by Crippen LogP contribution is -2.17. The van der Waals surface area contributed by atoms with Crippen LogP contribution in [0.3, 0.4) is 0 Å². The van der Waals surface area contributed by atoms with E-state index in [1.807, 2.05) is 6.08 Å². The first kappa shape index (κ1) is 19.2. The second kappa shape index (κ2) is 7.38. The zero-order chi connectivity index (χ0) is 18.8. The molecule has 0 heterocycles. The van der Waals surface area contributed by atoms with E-state index in [0.29, 0.717) is 0 Å². The third-order valence-corrected chi connectivity index (χ3v) is 4.87. The SMILES string of the molecule is C=CC1=C(c2cc(OC)c(C(C)C)c(OC)c2OC)C=CCC1(C)C. The Hall–Kier alpha value is -2.16. The van der Waals surface area contributed by atoms with E-state index in [9.17, 15) is 0 Å². The minimum absolute atomic E-state index is 0.0219. The maximum absolute atomic E-state index is 5.79. The summed E-state index contributed by atoms with van der Waals surface area (Å²) in [5.41, 5.74) is 4.32. The molecule has 1 aliphatic carbocycles. The second-order valence-corrected chi connectivity index (χ2v) is 7.28. The molecule has 0 spiro atoms.